The van der Waals surface area contributed by atoms with Crippen LogP contribution in [-0.2, 0) is 19.2 Å². The lowest BCUT2D eigenvalue weighted by Crippen LogP contribution is -1.95. The molecule has 0 fully saturated rings. The number of hydrogen-bond acceptors (Lipinski definition) is 4. The van der Waals surface area contributed by atoms with Crippen molar-refractivity contribution < 1.29 is 24.3 Å². The molecule has 0 atom stereocenters. The van der Waals surface area contributed by atoms with Crippen LogP contribution in [0.1, 0.15) is 93.1 Å². The van der Waals surface area contributed by atoms with Crippen LogP contribution in [-0.4, -0.2) is 28.4 Å². The number of carboxylic acids is 1. The summed E-state index contributed by atoms with van der Waals surface area (Å²) in [5.41, 5.74) is 1.32. The zero-order chi connectivity index (χ0) is 24.5. The second-order valence-corrected chi connectivity index (χ2v) is 7.54. The van der Waals surface area contributed by atoms with E-state index in [1.54, 1.807) is 13.8 Å². The number of ketones is 3. The van der Waals surface area contributed by atoms with Crippen molar-refractivity contribution in [2.45, 2.75) is 94.4 Å². The fourth-order valence-electron chi connectivity index (χ4n) is 1.73. The molecule has 1 aromatic carbocycles. The Morgan fingerprint density at radius 2 is 1.23 bits per heavy atom. The van der Waals surface area contributed by atoms with Gasteiger partial charge in [-0.2, -0.15) is 0 Å². The first-order valence-electron chi connectivity index (χ1n) is 10.4. The van der Waals surface area contributed by atoms with E-state index in [0.29, 0.717) is 11.7 Å². The molecule has 174 valence electrons. The molecule has 0 aliphatic carbocycles. The topological polar surface area (TPSA) is 88.5 Å². The predicted molar refractivity (Wildman–Crippen MR) is 126 cm³/mol. The summed E-state index contributed by atoms with van der Waals surface area (Å²) in [5.74, 6) is 0.464. The van der Waals surface area contributed by atoms with Crippen molar-refractivity contribution in [3.05, 3.63) is 35.9 Å². The summed E-state index contributed by atoms with van der Waals surface area (Å²) >= 11 is 0. The van der Waals surface area contributed by atoms with Gasteiger partial charge in [-0.3, -0.25) is 4.79 Å². The lowest BCUT2D eigenvalue weighted by molar-refractivity contribution is -0.134. The van der Waals surface area contributed by atoms with Crippen LogP contribution in [0.4, 0.5) is 0 Å². The van der Waals surface area contributed by atoms with Crippen LogP contribution in [0.2, 0.25) is 0 Å². The third-order valence-electron chi connectivity index (χ3n) is 2.77. The van der Waals surface area contributed by atoms with Crippen molar-refractivity contribution in [3.8, 4) is 0 Å². The van der Waals surface area contributed by atoms with Crippen molar-refractivity contribution >= 4 is 23.3 Å². The number of benzene rings is 1. The third-order valence-corrected chi connectivity index (χ3v) is 2.77. The Balaban J connectivity index is -0.000000145. The molecular formula is C25H44O5. The summed E-state index contributed by atoms with van der Waals surface area (Å²) in [5, 5.41) is 7.42. The van der Waals surface area contributed by atoms with E-state index < -0.39 is 5.97 Å². The highest BCUT2D eigenvalue weighted by Crippen LogP contribution is 1.98. The van der Waals surface area contributed by atoms with Gasteiger partial charge in [-0.05, 0) is 47.0 Å². The molecule has 1 aromatic rings. The molecule has 0 radical (unpaired) electrons. The third kappa shape index (κ3) is 72.6. The van der Waals surface area contributed by atoms with Gasteiger partial charge < -0.3 is 19.5 Å². The fourth-order valence-corrected chi connectivity index (χ4v) is 1.73. The lowest BCUT2D eigenvalue weighted by atomic mass is 10.1. The first kappa shape index (κ1) is 35.2. The molecule has 0 unspecified atom stereocenters. The molecule has 5 nitrogen and oxygen atoms in total. The van der Waals surface area contributed by atoms with Crippen LogP contribution in [0.5, 0.6) is 0 Å². The van der Waals surface area contributed by atoms with E-state index in [9.17, 15) is 14.4 Å². The largest absolute Gasteiger partial charge is 0.481 e. The molecule has 0 aliphatic rings. The lowest BCUT2D eigenvalue weighted by Gasteiger charge is -1.95. The van der Waals surface area contributed by atoms with Gasteiger partial charge in [0, 0.05) is 19.8 Å². The minimum atomic E-state index is -0.833. The quantitative estimate of drug-likeness (QED) is 0.529. The highest BCUT2D eigenvalue weighted by atomic mass is 16.4. The van der Waals surface area contributed by atoms with E-state index in [1.165, 1.54) is 32.3 Å². The van der Waals surface area contributed by atoms with E-state index in [0.717, 1.165) is 26.2 Å². The zero-order valence-electron chi connectivity index (χ0n) is 20.6. The van der Waals surface area contributed by atoms with Crippen molar-refractivity contribution in [3.63, 3.8) is 0 Å². The van der Waals surface area contributed by atoms with Crippen molar-refractivity contribution in [2.24, 2.45) is 5.92 Å². The number of hydrogen-bond donors (Lipinski definition) is 1. The molecule has 0 heterocycles. The molecule has 0 saturated carbocycles. The summed E-state index contributed by atoms with van der Waals surface area (Å²) < 4.78 is 0. The van der Waals surface area contributed by atoms with Crippen molar-refractivity contribution in [2.75, 3.05) is 0 Å². The van der Waals surface area contributed by atoms with Crippen LogP contribution in [0.3, 0.4) is 0 Å². The average Bonchev–Trinajstić information content (AvgIpc) is 2.54. The number of carbonyl (C=O) groups is 4. The van der Waals surface area contributed by atoms with E-state index in [-0.39, 0.29) is 11.6 Å². The monoisotopic (exact) mass is 424 g/mol. The standard InChI is InChI=1S/C7H14O.C7H8.C6H12O.C3H6O.C2H4O2/c1-3-4-5-6-7(2)8;1-7-5-3-2-4-6-7;1-5(2)4-6(3)7;1-3(2)4;1-2(3)4/h3-6H2,1-2H3;2-6H,1H3;5H,4H2,1-3H3;1-2H3;1H3,(H,3,4). The maximum atomic E-state index is 10.3. The molecule has 1 rings (SSSR count). The van der Waals surface area contributed by atoms with E-state index in [2.05, 4.69) is 26.0 Å². The van der Waals surface area contributed by atoms with Gasteiger partial charge >= 0.3 is 0 Å². The Bertz CT molecular complexity index is 528. The summed E-state index contributed by atoms with van der Waals surface area (Å²) in [6, 6.07) is 10.3. The minimum absolute atomic E-state index is 0.167. The number of carboxylic acid groups (broad SMARTS) is 1. The average molecular weight is 425 g/mol. The van der Waals surface area contributed by atoms with Gasteiger partial charge in [-0.1, -0.05) is 69.5 Å². The molecule has 5 heteroatoms. The fraction of sp³-hybridized carbons (Fsp3) is 0.600. The summed E-state index contributed by atoms with van der Waals surface area (Å²) in [7, 11) is 0. The summed E-state index contributed by atoms with van der Waals surface area (Å²) in [4.78, 5) is 39.0. The summed E-state index contributed by atoms with van der Waals surface area (Å²) in [6.07, 6.45) is 4.96. The van der Waals surface area contributed by atoms with Crippen LogP contribution >= 0.6 is 0 Å². The Morgan fingerprint density at radius 1 is 0.833 bits per heavy atom. The SMILES string of the molecule is CC(=O)CC(C)C.CC(=O)O.CC(C)=O.CCCCCC(C)=O.Cc1ccccc1. The number of aliphatic carboxylic acids is 1. The highest BCUT2D eigenvalue weighted by molar-refractivity contribution is 5.75. The van der Waals surface area contributed by atoms with Crippen LogP contribution in [0.25, 0.3) is 0 Å². The van der Waals surface area contributed by atoms with Crippen LogP contribution in [0.15, 0.2) is 30.3 Å². The first-order chi connectivity index (χ1) is 13.8. The minimum Gasteiger partial charge on any atom is -0.481 e. The summed E-state index contributed by atoms with van der Waals surface area (Å²) in [6.45, 7) is 15.7. The van der Waals surface area contributed by atoms with Crippen molar-refractivity contribution in [1.82, 2.24) is 0 Å². The van der Waals surface area contributed by atoms with Crippen molar-refractivity contribution in [1.29, 1.82) is 0 Å². The maximum Gasteiger partial charge on any atom is 0.300 e. The van der Waals surface area contributed by atoms with E-state index in [1.807, 2.05) is 32.0 Å². The highest BCUT2D eigenvalue weighted by Gasteiger charge is 1.95. The first-order valence-corrected chi connectivity index (χ1v) is 10.4. The van der Waals surface area contributed by atoms with E-state index in [4.69, 9.17) is 9.90 Å². The molecule has 0 bridgehead atoms. The normalized spacial score (nSPS) is 8.47. The second kappa shape index (κ2) is 26.7. The van der Waals surface area contributed by atoms with Gasteiger partial charge in [0.15, 0.2) is 0 Å². The van der Waals surface area contributed by atoms with Gasteiger partial charge in [0.2, 0.25) is 0 Å². The molecule has 0 aliphatic heterocycles. The smallest absolute Gasteiger partial charge is 0.300 e. The molecule has 0 saturated heterocycles. The van der Waals surface area contributed by atoms with Crippen LogP contribution < -0.4 is 0 Å². The molecular weight excluding hydrogens is 380 g/mol. The van der Waals surface area contributed by atoms with Gasteiger partial charge in [0.1, 0.15) is 17.3 Å². The van der Waals surface area contributed by atoms with Gasteiger partial charge in [-0.25, -0.2) is 0 Å². The number of aryl methyl sites for hydroxylation is 1. The Labute approximate surface area is 184 Å². The van der Waals surface area contributed by atoms with Gasteiger partial charge in [0.25, 0.3) is 5.97 Å². The molecule has 0 spiro atoms. The molecule has 30 heavy (non-hydrogen) atoms. The Kier molecular flexibility index (Phi) is 31.3. The predicted octanol–water partition coefficient (Wildman–Crippen LogP) is 6.46. The number of rotatable bonds is 6. The number of carbonyl (C=O) groups excluding carboxylic acids is 3. The van der Waals surface area contributed by atoms with E-state index >= 15 is 0 Å². The second-order valence-electron chi connectivity index (χ2n) is 7.54. The molecule has 0 aromatic heterocycles. The maximum absolute atomic E-state index is 10.3. The molecule has 1 N–H and O–H groups in total. The number of unbranched alkanes of at least 4 members (excludes halogenated alkanes) is 2. The number of Topliss-reactive ketones (excluding diaryl/α,β-unsaturated/α-hetero) is 3. The Morgan fingerprint density at radius 3 is 1.40 bits per heavy atom. The van der Waals surface area contributed by atoms with Gasteiger partial charge in [0.05, 0.1) is 0 Å². The molecule has 0 amide bonds. The van der Waals surface area contributed by atoms with Crippen LogP contribution in [0, 0.1) is 12.8 Å². The zero-order valence-corrected chi connectivity index (χ0v) is 20.6. The Hall–Kier alpha value is -2.30. The van der Waals surface area contributed by atoms with Gasteiger partial charge in [-0.15, -0.1) is 0 Å².